The lowest BCUT2D eigenvalue weighted by Crippen LogP contribution is -2.36. The average molecular weight is 244 g/mol. The highest BCUT2D eigenvalue weighted by atomic mass is 16.4. The minimum absolute atomic E-state index is 0.474. The lowest BCUT2D eigenvalue weighted by molar-refractivity contribution is -0.144. The monoisotopic (exact) mass is 244 g/mol. The van der Waals surface area contributed by atoms with Crippen LogP contribution in [0.3, 0.4) is 0 Å². The van der Waals surface area contributed by atoms with Crippen molar-refractivity contribution >= 4 is 17.8 Å². The molecule has 1 rings (SSSR count). The molecular weight excluding hydrogens is 236 g/mol. The van der Waals surface area contributed by atoms with Gasteiger partial charge in [0.05, 0.1) is 6.42 Å². The van der Waals surface area contributed by atoms with Crippen molar-refractivity contribution in [2.75, 3.05) is 5.32 Å². The van der Waals surface area contributed by atoms with Crippen LogP contribution in [0.2, 0.25) is 0 Å². The molecule has 0 saturated heterocycles. The zero-order valence-electron chi connectivity index (χ0n) is 8.26. The SMILES string of the molecule is O=C(O)CC(Nc1n[nH]c(=O)[nH]c1=O)C(=O)O. The number of hydrogen-bond donors (Lipinski definition) is 5. The molecule has 1 aromatic heterocycles. The Hall–Kier alpha value is -2.65. The molecule has 1 atom stereocenters. The minimum Gasteiger partial charge on any atom is -0.481 e. The van der Waals surface area contributed by atoms with E-state index in [0.717, 1.165) is 0 Å². The third-order valence-corrected chi connectivity index (χ3v) is 1.70. The molecule has 5 N–H and O–H groups in total. The summed E-state index contributed by atoms with van der Waals surface area (Å²) in [6.07, 6.45) is -0.740. The third-order valence-electron chi connectivity index (χ3n) is 1.70. The Balaban J connectivity index is 2.93. The van der Waals surface area contributed by atoms with Crippen LogP contribution < -0.4 is 16.6 Å². The zero-order chi connectivity index (χ0) is 13.0. The molecule has 1 aromatic rings. The number of aromatic amines is 2. The second-order valence-corrected chi connectivity index (χ2v) is 2.99. The molecule has 0 aliphatic carbocycles. The van der Waals surface area contributed by atoms with Gasteiger partial charge in [-0.05, 0) is 0 Å². The van der Waals surface area contributed by atoms with Gasteiger partial charge in [0.2, 0.25) is 5.82 Å². The van der Waals surface area contributed by atoms with Gasteiger partial charge in [0, 0.05) is 0 Å². The van der Waals surface area contributed by atoms with Crippen LogP contribution in [0.15, 0.2) is 9.59 Å². The summed E-state index contributed by atoms with van der Waals surface area (Å²) in [5, 5.41) is 24.4. The van der Waals surface area contributed by atoms with E-state index in [1.54, 1.807) is 4.98 Å². The maximum Gasteiger partial charge on any atom is 0.342 e. The molecule has 0 spiro atoms. The van der Waals surface area contributed by atoms with Crippen LogP contribution in [0, 0.1) is 0 Å². The molecule has 92 valence electrons. The average Bonchev–Trinajstić information content (AvgIpc) is 2.19. The molecule has 0 aliphatic heterocycles. The van der Waals surface area contributed by atoms with Gasteiger partial charge < -0.3 is 15.5 Å². The fourth-order valence-electron chi connectivity index (χ4n) is 0.985. The summed E-state index contributed by atoms with van der Waals surface area (Å²) >= 11 is 0. The Kier molecular flexibility index (Phi) is 3.59. The lowest BCUT2D eigenvalue weighted by atomic mass is 10.2. The summed E-state index contributed by atoms with van der Waals surface area (Å²) in [5.74, 6) is -3.29. The van der Waals surface area contributed by atoms with E-state index in [0.29, 0.717) is 0 Å². The normalized spacial score (nSPS) is 11.8. The van der Waals surface area contributed by atoms with Crippen LogP contribution >= 0.6 is 0 Å². The summed E-state index contributed by atoms with van der Waals surface area (Å²) in [5.41, 5.74) is -1.80. The maximum absolute atomic E-state index is 11.1. The van der Waals surface area contributed by atoms with Crippen molar-refractivity contribution in [3.8, 4) is 0 Å². The van der Waals surface area contributed by atoms with Crippen LogP contribution in [-0.2, 0) is 9.59 Å². The molecule has 0 amide bonds. The van der Waals surface area contributed by atoms with E-state index in [2.05, 4.69) is 10.4 Å². The van der Waals surface area contributed by atoms with Crippen LogP contribution in [-0.4, -0.2) is 43.4 Å². The molecule has 0 saturated carbocycles. The van der Waals surface area contributed by atoms with Gasteiger partial charge in [-0.3, -0.25) is 14.6 Å². The lowest BCUT2D eigenvalue weighted by Gasteiger charge is -2.11. The van der Waals surface area contributed by atoms with Gasteiger partial charge in [-0.25, -0.2) is 14.7 Å². The Labute approximate surface area is 92.3 Å². The number of hydrogen-bond acceptors (Lipinski definition) is 6. The summed E-state index contributed by atoms with van der Waals surface area (Å²) in [6, 6.07) is -1.52. The fourth-order valence-corrected chi connectivity index (χ4v) is 0.985. The van der Waals surface area contributed by atoms with E-state index >= 15 is 0 Å². The maximum atomic E-state index is 11.1. The predicted molar refractivity (Wildman–Crippen MR) is 52.8 cm³/mol. The van der Waals surface area contributed by atoms with E-state index in [1.165, 1.54) is 0 Å². The van der Waals surface area contributed by atoms with Crippen molar-refractivity contribution in [3.63, 3.8) is 0 Å². The van der Waals surface area contributed by atoms with E-state index in [1.807, 2.05) is 5.10 Å². The molecule has 17 heavy (non-hydrogen) atoms. The van der Waals surface area contributed by atoms with E-state index in [-0.39, 0.29) is 0 Å². The first-order chi connectivity index (χ1) is 7.90. The fraction of sp³-hybridized carbons (Fsp3) is 0.286. The highest BCUT2D eigenvalue weighted by Crippen LogP contribution is 1.99. The number of nitrogens with one attached hydrogen (secondary N) is 3. The van der Waals surface area contributed by atoms with Crippen LogP contribution in [0.1, 0.15) is 6.42 Å². The minimum atomic E-state index is -1.52. The Morgan fingerprint density at radius 2 is 2.00 bits per heavy atom. The van der Waals surface area contributed by atoms with Crippen molar-refractivity contribution in [2.45, 2.75) is 12.5 Å². The highest BCUT2D eigenvalue weighted by Gasteiger charge is 2.22. The predicted octanol–water partition coefficient (Wildman–Crippen LogP) is -2.20. The number of aromatic nitrogens is 3. The molecule has 0 radical (unpaired) electrons. The smallest absolute Gasteiger partial charge is 0.342 e. The molecule has 1 heterocycles. The summed E-state index contributed by atoms with van der Waals surface area (Å²) in [7, 11) is 0. The second-order valence-electron chi connectivity index (χ2n) is 2.99. The molecule has 0 aliphatic rings. The largest absolute Gasteiger partial charge is 0.481 e. The third kappa shape index (κ3) is 3.44. The van der Waals surface area contributed by atoms with Gasteiger partial charge in [-0.2, -0.15) is 0 Å². The highest BCUT2D eigenvalue weighted by molar-refractivity contribution is 5.83. The summed E-state index contributed by atoms with van der Waals surface area (Å²) < 4.78 is 0. The van der Waals surface area contributed by atoms with Crippen LogP contribution in [0.5, 0.6) is 0 Å². The Morgan fingerprint density at radius 1 is 1.35 bits per heavy atom. The van der Waals surface area contributed by atoms with Crippen LogP contribution in [0.4, 0.5) is 5.82 Å². The molecular formula is C7H8N4O6. The number of carboxylic acids is 2. The summed E-state index contributed by atoms with van der Waals surface area (Å²) in [6.45, 7) is 0. The summed E-state index contributed by atoms with van der Waals surface area (Å²) in [4.78, 5) is 44.6. The quantitative estimate of drug-likeness (QED) is 0.389. The molecule has 10 heteroatoms. The molecule has 0 fully saturated rings. The first-order valence-corrected chi connectivity index (χ1v) is 4.30. The van der Waals surface area contributed by atoms with Gasteiger partial charge in [-0.15, -0.1) is 5.10 Å². The van der Waals surface area contributed by atoms with Gasteiger partial charge in [0.25, 0.3) is 5.56 Å². The number of aliphatic carboxylic acids is 2. The Morgan fingerprint density at radius 3 is 2.47 bits per heavy atom. The van der Waals surface area contributed by atoms with Crippen molar-refractivity contribution in [3.05, 3.63) is 20.8 Å². The molecule has 0 bridgehead atoms. The number of H-pyrrole nitrogens is 2. The van der Waals surface area contributed by atoms with Gasteiger partial charge in [0.15, 0.2) is 0 Å². The first-order valence-electron chi connectivity index (χ1n) is 4.30. The zero-order valence-corrected chi connectivity index (χ0v) is 8.26. The van der Waals surface area contributed by atoms with Gasteiger partial charge >= 0.3 is 17.6 Å². The van der Waals surface area contributed by atoms with E-state index in [4.69, 9.17) is 10.2 Å². The van der Waals surface area contributed by atoms with Crippen molar-refractivity contribution in [2.24, 2.45) is 0 Å². The van der Waals surface area contributed by atoms with E-state index < -0.39 is 41.5 Å². The molecule has 0 aromatic carbocycles. The van der Waals surface area contributed by atoms with Gasteiger partial charge in [-0.1, -0.05) is 0 Å². The van der Waals surface area contributed by atoms with Crippen molar-refractivity contribution < 1.29 is 19.8 Å². The Bertz CT molecular complexity index is 546. The van der Waals surface area contributed by atoms with E-state index in [9.17, 15) is 19.2 Å². The number of anilines is 1. The number of rotatable bonds is 5. The van der Waals surface area contributed by atoms with Crippen molar-refractivity contribution in [1.29, 1.82) is 0 Å². The molecule has 1 unspecified atom stereocenters. The van der Waals surface area contributed by atoms with Crippen molar-refractivity contribution in [1.82, 2.24) is 15.2 Å². The topological polar surface area (TPSA) is 165 Å². The number of nitrogens with zero attached hydrogens (tertiary/aromatic N) is 1. The van der Waals surface area contributed by atoms with Crippen LogP contribution in [0.25, 0.3) is 0 Å². The standard InChI is InChI=1S/C7H8N4O6/c12-3(13)1-2(6(15)16)8-4-5(14)9-7(17)11-10-4/h2H,1H2,(H,8,10)(H,12,13)(H,15,16)(H2,9,11,14,17). The number of carboxylic acid groups (broad SMARTS) is 2. The number of carbonyl (C=O) groups is 2. The second kappa shape index (κ2) is 4.92. The first kappa shape index (κ1) is 12.4. The molecule has 10 nitrogen and oxygen atoms in total. The van der Waals surface area contributed by atoms with Gasteiger partial charge in [0.1, 0.15) is 6.04 Å².